The van der Waals surface area contributed by atoms with E-state index < -0.39 is 0 Å². The van der Waals surface area contributed by atoms with Crippen LogP contribution < -0.4 is 5.32 Å². The fraction of sp³-hybridized carbons (Fsp3) is 0.824. The largest absolute Gasteiger partial charge is 0.379 e. The fourth-order valence-electron chi connectivity index (χ4n) is 1.70. The van der Waals surface area contributed by atoms with Crippen molar-refractivity contribution in [3.05, 3.63) is 0 Å². The first kappa shape index (κ1) is 23.2. The van der Waals surface area contributed by atoms with E-state index in [-0.39, 0.29) is 19.1 Å². The lowest BCUT2D eigenvalue weighted by molar-refractivity contribution is -0.126. The van der Waals surface area contributed by atoms with E-state index in [9.17, 15) is 4.79 Å². The lowest BCUT2D eigenvalue weighted by atomic mass is 10.2. The van der Waals surface area contributed by atoms with E-state index in [2.05, 4.69) is 11.2 Å². The van der Waals surface area contributed by atoms with Gasteiger partial charge in [-0.1, -0.05) is 18.8 Å². The van der Waals surface area contributed by atoms with Gasteiger partial charge in [-0.15, -0.1) is 18.0 Å². The van der Waals surface area contributed by atoms with Crippen LogP contribution in [-0.2, 0) is 23.7 Å². The molecule has 0 aromatic carbocycles. The third kappa shape index (κ3) is 19.2. The van der Waals surface area contributed by atoms with Gasteiger partial charge in [-0.2, -0.15) is 0 Å². The highest BCUT2D eigenvalue weighted by Crippen LogP contribution is 2.00. The normalized spacial score (nSPS) is 10.5. The number of carbonyl (C=O) groups is 1. The van der Waals surface area contributed by atoms with E-state index in [0.717, 1.165) is 38.2 Å². The quantitative estimate of drug-likeness (QED) is 0.228. The molecular formula is C17H30ClNO5. The Morgan fingerprint density at radius 1 is 0.875 bits per heavy atom. The predicted molar refractivity (Wildman–Crippen MR) is 94.3 cm³/mol. The number of rotatable bonds is 18. The summed E-state index contributed by atoms with van der Waals surface area (Å²) in [6, 6.07) is 0. The minimum absolute atomic E-state index is 0.00619. The second-order valence-electron chi connectivity index (χ2n) is 4.99. The first-order valence-corrected chi connectivity index (χ1v) is 8.91. The molecule has 0 atom stereocenters. The average Bonchev–Trinajstić information content (AvgIpc) is 2.59. The molecule has 0 aromatic heterocycles. The second kappa shape index (κ2) is 20.2. The molecule has 0 saturated heterocycles. The Labute approximate surface area is 150 Å². The predicted octanol–water partition coefficient (Wildman–Crippen LogP) is 1.60. The molecule has 1 N–H and O–H groups in total. The first-order chi connectivity index (χ1) is 11.8. The molecule has 0 heterocycles. The van der Waals surface area contributed by atoms with Gasteiger partial charge < -0.3 is 24.3 Å². The number of hydrogen-bond donors (Lipinski definition) is 1. The summed E-state index contributed by atoms with van der Waals surface area (Å²) in [5.74, 6) is 2.91. The summed E-state index contributed by atoms with van der Waals surface area (Å²) in [6.07, 6.45) is 9.46. The average molecular weight is 364 g/mol. The zero-order valence-electron chi connectivity index (χ0n) is 14.4. The van der Waals surface area contributed by atoms with Gasteiger partial charge in [0.1, 0.15) is 13.2 Å². The van der Waals surface area contributed by atoms with Gasteiger partial charge in [-0.3, -0.25) is 4.79 Å². The summed E-state index contributed by atoms with van der Waals surface area (Å²) in [5.41, 5.74) is 0. The Bertz CT molecular complexity index is 323. The van der Waals surface area contributed by atoms with Crippen LogP contribution in [0.3, 0.4) is 0 Å². The van der Waals surface area contributed by atoms with Crippen LogP contribution in [0.15, 0.2) is 0 Å². The van der Waals surface area contributed by atoms with Gasteiger partial charge >= 0.3 is 0 Å². The Balaban J connectivity index is 3.13. The Hall–Kier alpha value is -0.840. The monoisotopic (exact) mass is 363 g/mol. The summed E-state index contributed by atoms with van der Waals surface area (Å²) in [6.45, 7) is 3.75. The zero-order chi connectivity index (χ0) is 17.7. The fourth-order valence-corrected chi connectivity index (χ4v) is 1.89. The Morgan fingerprint density at radius 2 is 1.54 bits per heavy atom. The van der Waals surface area contributed by atoms with Crippen LogP contribution in [-0.4, -0.2) is 71.2 Å². The highest BCUT2D eigenvalue weighted by atomic mass is 35.5. The van der Waals surface area contributed by atoms with Crippen LogP contribution in [0, 0.1) is 12.3 Å². The topological polar surface area (TPSA) is 66.0 Å². The third-order valence-electron chi connectivity index (χ3n) is 2.90. The summed E-state index contributed by atoms with van der Waals surface area (Å²) >= 11 is 5.60. The van der Waals surface area contributed by atoms with Crippen molar-refractivity contribution in [2.45, 2.75) is 25.7 Å². The maximum Gasteiger partial charge on any atom is 0.246 e. The van der Waals surface area contributed by atoms with Gasteiger partial charge in [0.05, 0.1) is 33.0 Å². The molecule has 0 aliphatic heterocycles. The van der Waals surface area contributed by atoms with Gasteiger partial charge in [0.25, 0.3) is 0 Å². The van der Waals surface area contributed by atoms with Crippen LogP contribution in [0.1, 0.15) is 25.7 Å². The van der Waals surface area contributed by atoms with Gasteiger partial charge in [0, 0.05) is 19.0 Å². The molecule has 0 saturated carbocycles. The van der Waals surface area contributed by atoms with Crippen molar-refractivity contribution in [3.63, 3.8) is 0 Å². The van der Waals surface area contributed by atoms with Crippen molar-refractivity contribution >= 4 is 17.5 Å². The molecule has 0 spiro atoms. The Kier molecular flexibility index (Phi) is 19.5. The molecule has 0 rings (SSSR count). The van der Waals surface area contributed by atoms with Crippen molar-refractivity contribution in [1.29, 1.82) is 0 Å². The molecule has 7 heteroatoms. The van der Waals surface area contributed by atoms with Crippen LogP contribution in [0.5, 0.6) is 0 Å². The number of amides is 1. The van der Waals surface area contributed by atoms with E-state index >= 15 is 0 Å². The number of ether oxygens (including phenoxy) is 4. The maximum atomic E-state index is 11.4. The first-order valence-electron chi connectivity index (χ1n) is 8.38. The van der Waals surface area contributed by atoms with Gasteiger partial charge in [0.2, 0.25) is 5.91 Å². The highest BCUT2D eigenvalue weighted by Gasteiger charge is 2.00. The molecule has 0 radical (unpaired) electrons. The molecule has 0 bridgehead atoms. The standard InChI is InChI=1S/C17H30ClNO5/c1-2-9-21-14-15-24-16-17(20)19-8-11-23-13-12-22-10-6-4-3-5-7-18/h1H,3-16H2,(H,19,20). The number of unbranched alkanes of at least 4 members (excludes halogenated alkanes) is 3. The number of alkyl halides is 1. The van der Waals surface area contributed by atoms with E-state index in [4.69, 9.17) is 37.0 Å². The smallest absolute Gasteiger partial charge is 0.246 e. The summed E-state index contributed by atoms with van der Waals surface area (Å²) < 4.78 is 20.9. The van der Waals surface area contributed by atoms with Crippen molar-refractivity contribution in [2.24, 2.45) is 0 Å². The Morgan fingerprint density at radius 3 is 2.29 bits per heavy atom. The molecule has 1 amide bonds. The summed E-state index contributed by atoms with van der Waals surface area (Å²) in [7, 11) is 0. The van der Waals surface area contributed by atoms with E-state index in [1.54, 1.807) is 0 Å². The lowest BCUT2D eigenvalue weighted by Crippen LogP contribution is -2.31. The minimum atomic E-state index is -0.177. The van der Waals surface area contributed by atoms with Gasteiger partial charge in [-0.25, -0.2) is 0 Å². The summed E-state index contributed by atoms with van der Waals surface area (Å²) in [4.78, 5) is 11.4. The van der Waals surface area contributed by atoms with Gasteiger partial charge in [0.15, 0.2) is 0 Å². The van der Waals surface area contributed by atoms with E-state index in [1.807, 2.05) is 0 Å². The number of halogens is 1. The number of terminal acetylenes is 1. The van der Waals surface area contributed by atoms with E-state index in [0.29, 0.717) is 39.6 Å². The SMILES string of the molecule is C#CCOCCOCC(=O)NCCOCCOCCCCCCCl. The van der Waals surface area contributed by atoms with Crippen molar-refractivity contribution in [1.82, 2.24) is 5.32 Å². The molecule has 0 fully saturated rings. The summed E-state index contributed by atoms with van der Waals surface area (Å²) in [5, 5.41) is 2.70. The van der Waals surface area contributed by atoms with E-state index in [1.165, 1.54) is 0 Å². The lowest BCUT2D eigenvalue weighted by Gasteiger charge is -2.08. The van der Waals surface area contributed by atoms with Crippen molar-refractivity contribution in [3.8, 4) is 12.3 Å². The minimum Gasteiger partial charge on any atom is -0.379 e. The maximum absolute atomic E-state index is 11.4. The van der Waals surface area contributed by atoms with Crippen LogP contribution >= 0.6 is 11.6 Å². The third-order valence-corrected chi connectivity index (χ3v) is 3.17. The molecule has 24 heavy (non-hydrogen) atoms. The van der Waals surface area contributed by atoms with Crippen molar-refractivity contribution in [2.75, 3.05) is 65.3 Å². The molecular weight excluding hydrogens is 334 g/mol. The zero-order valence-corrected chi connectivity index (χ0v) is 15.2. The van der Waals surface area contributed by atoms with Crippen molar-refractivity contribution < 1.29 is 23.7 Å². The molecule has 0 aromatic rings. The molecule has 0 aliphatic carbocycles. The number of carbonyl (C=O) groups excluding carboxylic acids is 1. The van der Waals surface area contributed by atoms with Crippen LogP contribution in [0.4, 0.5) is 0 Å². The molecule has 0 unspecified atom stereocenters. The number of hydrogen-bond acceptors (Lipinski definition) is 5. The van der Waals surface area contributed by atoms with Crippen LogP contribution in [0.2, 0.25) is 0 Å². The highest BCUT2D eigenvalue weighted by molar-refractivity contribution is 6.17. The molecule has 6 nitrogen and oxygen atoms in total. The van der Waals surface area contributed by atoms with Gasteiger partial charge in [-0.05, 0) is 12.8 Å². The number of nitrogens with one attached hydrogen (secondary N) is 1. The molecule has 140 valence electrons. The second-order valence-corrected chi connectivity index (χ2v) is 5.37. The molecule has 0 aliphatic rings. The van der Waals surface area contributed by atoms with Crippen LogP contribution in [0.25, 0.3) is 0 Å².